The van der Waals surface area contributed by atoms with E-state index in [0.29, 0.717) is 5.92 Å². The summed E-state index contributed by atoms with van der Waals surface area (Å²) in [6.07, 6.45) is 10.3. The van der Waals surface area contributed by atoms with E-state index in [1.165, 1.54) is 19.3 Å². The second-order valence-electron chi connectivity index (χ2n) is 6.01. The summed E-state index contributed by atoms with van der Waals surface area (Å²) in [5.41, 5.74) is 0. The zero-order valence-electron chi connectivity index (χ0n) is 13.8. The fraction of sp³-hybridized carbons (Fsp3) is 0.941. The van der Waals surface area contributed by atoms with Crippen LogP contribution in [-0.4, -0.2) is 38.8 Å². The van der Waals surface area contributed by atoms with Gasteiger partial charge in [-0.05, 0) is 51.6 Å². The van der Waals surface area contributed by atoms with Gasteiger partial charge in [-0.1, -0.05) is 26.2 Å². The zero-order chi connectivity index (χ0) is 15.2. The van der Waals surface area contributed by atoms with Crippen molar-refractivity contribution in [1.82, 2.24) is 10.6 Å². The third-order valence-corrected chi connectivity index (χ3v) is 4.13. The zero-order valence-corrected chi connectivity index (χ0v) is 13.8. The van der Waals surface area contributed by atoms with Gasteiger partial charge in [0.1, 0.15) is 0 Å². The summed E-state index contributed by atoms with van der Waals surface area (Å²) in [5, 5.41) is 6.37. The number of carbonyl (C=O) groups is 1. The molecule has 0 unspecified atom stereocenters. The molecule has 1 aliphatic rings. The maximum atomic E-state index is 11.9. The number of hydrogen-bond donors (Lipinski definition) is 2. The highest BCUT2D eigenvalue weighted by Gasteiger charge is 2.20. The number of ether oxygens (including phenoxy) is 1. The predicted molar refractivity (Wildman–Crippen MR) is 87.4 cm³/mol. The molecule has 0 bridgehead atoms. The van der Waals surface area contributed by atoms with E-state index in [1.54, 1.807) is 0 Å². The predicted octanol–water partition coefficient (Wildman–Crippen LogP) is 2.87. The Balaban J connectivity index is 1.80. The van der Waals surface area contributed by atoms with Crippen LogP contribution in [0.2, 0.25) is 0 Å². The van der Waals surface area contributed by atoms with Crippen molar-refractivity contribution < 1.29 is 9.53 Å². The van der Waals surface area contributed by atoms with Gasteiger partial charge in [0, 0.05) is 25.7 Å². The van der Waals surface area contributed by atoms with Crippen LogP contribution in [0.25, 0.3) is 0 Å². The van der Waals surface area contributed by atoms with Crippen molar-refractivity contribution in [2.75, 3.05) is 32.8 Å². The van der Waals surface area contributed by atoms with Crippen LogP contribution < -0.4 is 10.6 Å². The van der Waals surface area contributed by atoms with Gasteiger partial charge in [-0.15, -0.1) is 0 Å². The van der Waals surface area contributed by atoms with Gasteiger partial charge in [0.25, 0.3) is 0 Å². The molecular formula is C17H34N2O2. The lowest BCUT2D eigenvalue weighted by Crippen LogP contribution is -2.32. The van der Waals surface area contributed by atoms with Crippen molar-refractivity contribution in [2.45, 2.75) is 64.7 Å². The number of rotatable bonds is 12. The Bertz CT molecular complexity index is 253. The fourth-order valence-corrected chi connectivity index (χ4v) is 2.80. The van der Waals surface area contributed by atoms with E-state index < -0.39 is 0 Å². The van der Waals surface area contributed by atoms with Crippen LogP contribution in [0.4, 0.5) is 0 Å². The molecule has 0 spiro atoms. The number of carbonyl (C=O) groups excluding carboxylic acids is 1. The van der Waals surface area contributed by atoms with Crippen molar-refractivity contribution in [2.24, 2.45) is 5.92 Å². The summed E-state index contributed by atoms with van der Waals surface area (Å²) < 4.78 is 5.58. The molecule has 4 heteroatoms. The van der Waals surface area contributed by atoms with E-state index >= 15 is 0 Å². The van der Waals surface area contributed by atoms with Crippen LogP contribution in [0.1, 0.15) is 64.7 Å². The quantitative estimate of drug-likeness (QED) is 0.545. The molecule has 1 fully saturated rings. The number of unbranched alkanes of at least 4 members (excludes halogenated alkanes) is 2. The van der Waals surface area contributed by atoms with Crippen LogP contribution in [-0.2, 0) is 9.53 Å². The molecule has 21 heavy (non-hydrogen) atoms. The highest BCUT2D eigenvalue weighted by atomic mass is 16.5. The summed E-state index contributed by atoms with van der Waals surface area (Å²) in [5.74, 6) is 0.577. The largest absolute Gasteiger partial charge is 0.381 e. The van der Waals surface area contributed by atoms with E-state index in [2.05, 4.69) is 17.6 Å². The minimum Gasteiger partial charge on any atom is -0.381 e. The SMILES string of the molecule is CCNCCCOCCCCCNC(=O)C1CCCCC1. The van der Waals surface area contributed by atoms with Crippen LogP contribution in [0.15, 0.2) is 0 Å². The van der Waals surface area contributed by atoms with Crippen LogP contribution >= 0.6 is 0 Å². The molecule has 1 saturated carbocycles. The lowest BCUT2D eigenvalue weighted by atomic mass is 9.89. The highest BCUT2D eigenvalue weighted by molar-refractivity contribution is 5.78. The summed E-state index contributed by atoms with van der Waals surface area (Å²) in [7, 11) is 0. The molecule has 0 aromatic rings. The molecule has 0 radical (unpaired) electrons. The molecule has 124 valence electrons. The first kappa shape index (κ1) is 18.4. The minimum atomic E-state index is 0.286. The maximum Gasteiger partial charge on any atom is 0.223 e. The summed E-state index contributed by atoms with van der Waals surface area (Å²) in [4.78, 5) is 11.9. The number of nitrogens with one attached hydrogen (secondary N) is 2. The Morgan fingerprint density at radius 2 is 1.76 bits per heavy atom. The third-order valence-electron chi connectivity index (χ3n) is 4.13. The molecule has 0 heterocycles. The molecule has 1 rings (SSSR count). The Kier molecular flexibility index (Phi) is 11.5. The van der Waals surface area contributed by atoms with Crippen LogP contribution in [0.3, 0.4) is 0 Å². The molecule has 4 nitrogen and oxygen atoms in total. The molecule has 0 saturated heterocycles. The van der Waals surface area contributed by atoms with Gasteiger partial charge in [-0.3, -0.25) is 4.79 Å². The van der Waals surface area contributed by atoms with E-state index in [4.69, 9.17) is 4.74 Å². The van der Waals surface area contributed by atoms with Crippen LogP contribution in [0, 0.1) is 5.92 Å². The smallest absolute Gasteiger partial charge is 0.223 e. The second kappa shape index (κ2) is 13.1. The van der Waals surface area contributed by atoms with E-state index in [9.17, 15) is 4.79 Å². The monoisotopic (exact) mass is 298 g/mol. The van der Waals surface area contributed by atoms with E-state index in [0.717, 1.165) is 71.4 Å². The molecule has 0 aromatic carbocycles. The van der Waals surface area contributed by atoms with Gasteiger partial charge >= 0.3 is 0 Å². The number of amides is 1. The van der Waals surface area contributed by atoms with E-state index in [-0.39, 0.29) is 5.91 Å². The Morgan fingerprint density at radius 3 is 2.52 bits per heavy atom. The number of hydrogen-bond acceptors (Lipinski definition) is 3. The van der Waals surface area contributed by atoms with E-state index in [1.807, 2.05) is 0 Å². The first-order valence-corrected chi connectivity index (χ1v) is 8.90. The third kappa shape index (κ3) is 9.86. The lowest BCUT2D eigenvalue weighted by Gasteiger charge is -2.20. The van der Waals surface area contributed by atoms with Crippen molar-refractivity contribution in [3.63, 3.8) is 0 Å². The summed E-state index contributed by atoms with van der Waals surface area (Å²) in [6, 6.07) is 0. The Labute approximate surface area is 130 Å². The molecule has 1 aliphatic carbocycles. The van der Waals surface area contributed by atoms with Crippen molar-refractivity contribution in [3.8, 4) is 0 Å². The first-order valence-electron chi connectivity index (χ1n) is 8.90. The lowest BCUT2D eigenvalue weighted by molar-refractivity contribution is -0.125. The van der Waals surface area contributed by atoms with Gasteiger partial charge in [-0.25, -0.2) is 0 Å². The van der Waals surface area contributed by atoms with Gasteiger partial charge in [0.15, 0.2) is 0 Å². The summed E-state index contributed by atoms with van der Waals surface area (Å²) in [6.45, 7) is 6.73. The van der Waals surface area contributed by atoms with Gasteiger partial charge in [-0.2, -0.15) is 0 Å². The Morgan fingerprint density at radius 1 is 1.00 bits per heavy atom. The topological polar surface area (TPSA) is 50.4 Å². The van der Waals surface area contributed by atoms with Gasteiger partial charge < -0.3 is 15.4 Å². The summed E-state index contributed by atoms with van der Waals surface area (Å²) >= 11 is 0. The normalized spacial score (nSPS) is 16.0. The van der Waals surface area contributed by atoms with Gasteiger partial charge in [0.2, 0.25) is 5.91 Å². The standard InChI is InChI=1S/C17H34N2O2/c1-2-18-12-9-15-21-14-8-4-7-13-19-17(20)16-10-5-3-6-11-16/h16,18H,2-15H2,1H3,(H,19,20). The molecule has 0 atom stereocenters. The average molecular weight is 298 g/mol. The fourth-order valence-electron chi connectivity index (χ4n) is 2.80. The molecule has 1 amide bonds. The minimum absolute atomic E-state index is 0.286. The first-order chi connectivity index (χ1) is 10.3. The molecule has 2 N–H and O–H groups in total. The maximum absolute atomic E-state index is 11.9. The molecule has 0 aromatic heterocycles. The van der Waals surface area contributed by atoms with Crippen molar-refractivity contribution in [3.05, 3.63) is 0 Å². The van der Waals surface area contributed by atoms with Crippen molar-refractivity contribution in [1.29, 1.82) is 0 Å². The highest BCUT2D eigenvalue weighted by Crippen LogP contribution is 2.23. The Hall–Kier alpha value is -0.610. The second-order valence-corrected chi connectivity index (χ2v) is 6.01. The van der Waals surface area contributed by atoms with Crippen molar-refractivity contribution >= 4 is 5.91 Å². The average Bonchev–Trinajstić information content (AvgIpc) is 2.53. The molecule has 0 aliphatic heterocycles. The van der Waals surface area contributed by atoms with Gasteiger partial charge in [0.05, 0.1) is 0 Å². The molecular weight excluding hydrogens is 264 g/mol. The van der Waals surface area contributed by atoms with Crippen LogP contribution in [0.5, 0.6) is 0 Å².